The monoisotopic (exact) mass is 355 g/mol. The number of amides is 2. The molecule has 0 spiro atoms. The van der Waals surface area contributed by atoms with Crippen molar-refractivity contribution in [2.45, 2.75) is 0 Å². The van der Waals surface area contributed by atoms with Gasteiger partial charge in [0.25, 0.3) is 5.69 Å². The van der Waals surface area contributed by atoms with Gasteiger partial charge in [0.15, 0.2) is 0 Å². The van der Waals surface area contributed by atoms with Crippen molar-refractivity contribution in [1.82, 2.24) is 10.2 Å². The molecule has 3 aromatic rings. The van der Waals surface area contributed by atoms with Crippen LogP contribution < -0.4 is 15.4 Å². The lowest BCUT2D eigenvalue weighted by atomic mass is 10.2. The van der Waals surface area contributed by atoms with E-state index in [1.807, 2.05) is 0 Å². The van der Waals surface area contributed by atoms with E-state index in [0.29, 0.717) is 11.2 Å². The van der Waals surface area contributed by atoms with Gasteiger partial charge in [0.2, 0.25) is 0 Å². The summed E-state index contributed by atoms with van der Waals surface area (Å²) in [5.41, 5.74) is 0.869. The number of fused-ring (bicyclic) bond motifs is 1. The van der Waals surface area contributed by atoms with Gasteiger partial charge in [0, 0.05) is 23.2 Å². The van der Waals surface area contributed by atoms with Gasteiger partial charge in [-0.2, -0.15) is 5.10 Å². The quantitative estimate of drug-likeness (QED) is 0.372. The molecule has 1 aromatic heterocycles. The SMILES string of the molecule is COc1ccc([N+](=O)[O-])cc1NC(=O)C(=O)Nc1ccc2cn[nH]c2c1. The number of H-pyrrole nitrogens is 1. The van der Waals surface area contributed by atoms with E-state index in [4.69, 9.17) is 4.74 Å². The maximum atomic E-state index is 12.1. The van der Waals surface area contributed by atoms with Gasteiger partial charge in [-0.25, -0.2) is 0 Å². The first-order chi connectivity index (χ1) is 12.5. The predicted molar refractivity (Wildman–Crippen MR) is 93.0 cm³/mol. The van der Waals surface area contributed by atoms with Crippen molar-refractivity contribution < 1.29 is 19.2 Å². The lowest BCUT2D eigenvalue weighted by molar-refractivity contribution is -0.384. The molecule has 10 nitrogen and oxygen atoms in total. The second kappa shape index (κ2) is 6.89. The molecule has 0 aliphatic rings. The van der Waals surface area contributed by atoms with Crippen LogP contribution in [-0.2, 0) is 9.59 Å². The molecule has 10 heteroatoms. The van der Waals surface area contributed by atoms with Crippen LogP contribution in [0.5, 0.6) is 5.75 Å². The predicted octanol–water partition coefficient (Wildman–Crippen LogP) is 2.06. The second-order valence-corrected chi connectivity index (χ2v) is 5.22. The number of hydrogen-bond donors (Lipinski definition) is 3. The number of hydrogen-bond acceptors (Lipinski definition) is 6. The summed E-state index contributed by atoms with van der Waals surface area (Å²) in [5, 5.41) is 23.1. The minimum absolute atomic E-state index is 0.0193. The lowest BCUT2D eigenvalue weighted by Gasteiger charge is -2.10. The third-order valence-corrected chi connectivity index (χ3v) is 3.55. The summed E-state index contributed by atoms with van der Waals surface area (Å²) >= 11 is 0. The number of carbonyl (C=O) groups is 2. The van der Waals surface area contributed by atoms with E-state index >= 15 is 0 Å². The van der Waals surface area contributed by atoms with Crippen LogP contribution in [0.15, 0.2) is 42.6 Å². The molecule has 2 amide bonds. The van der Waals surface area contributed by atoms with Crippen molar-refractivity contribution in [2.24, 2.45) is 0 Å². The number of anilines is 2. The molecule has 26 heavy (non-hydrogen) atoms. The lowest BCUT2D eigenvalue weighted by Crippen LogP contribution is -2.29. The summed E-state index contributed by atoms with van der Waals surface area (Å²) < 4.78 is 5.04. The molecule has 0 unspecified atom stereocenters. The third-order valence-electron chi connectivity index (χ3n) is 3.55. The smallest absolute Gasteiger partial charge is 0.314 e. The zero-order valence-electron chi connectivity index (χ0n) is 13.5. The summed E-state index contributed by atoms with van der Waals surface area (Å²) in [4.78, 5) is 34.4. The maximum Gasteiger partial charge on any atom is 0.314 e. The molecular formula is C16H13N5O5. The number of nitrogens with one attached hydrogen (secondary N) is 3. The number of carbonyl (C=O) groups excluding carboxylic acids is 2. The molecule has 0 aliphatic heterocycles. The van der Waals surface area contributed by atoms with Crippen molar-refractivity contribution in [3.05, 3.63) is 52.7 Å². The number of nitro groups is 1. The molecule has 0 saturated heterocycles. The zero-order valence-corrected chi connectivity index (χ0v) is 13.5. The van der Waals surface area contributed by atoms with E-state index in [2.05, 4.69) is 20.8 Å². The van der Waals surface area contributed by atoms with E-state index in [9.17, 15) is 19.7 Å². The first-order valence-electron chi connectivity index (χ1n) is 7.36. The fourth-order valence-electron chi connectivity index (χ4n) is 2.29. The van der Waals surface area contributed by atoms with Crippen LogP contribution in [0.4, 0.5) is 17.1 Å². The van der Waals surface area contributed by atoms with Crippen LogP contribution in [-0.4, -0.2) is 34.0 Å². The fourth-order valence-corrected chi connectivity index (χ4v) is 2.29. The third kappa shape index (κ3) is 3.43. The molecule has 132 valence electrons. The van der Waals surface area contributed by atoms with Gasteiger partial charge in [0.05, 0.1) is 29.4 Å². The van der Waals surface area contributed by atoms with Crippen molar-refractivity contribution in [1.29, 1.82) is 0 Å². The van der Waals surface area contributed by atoms with E-state index in [0.717, 1.165) is 11.5 Å². The molecule has 1 heterocycles. The van der Waals surface area contributed by atoms with Gasteiger partial charge in [-0.1, -0.05) is 0 Å². The van der Waals surface area contributed by atoms with Gasteiger partial charge in [-0.15, -0.1) is 0 Å². The second-order valence-electron chi connectivity index (χ2n) is 5.22. The number of rotatable bonds is 4. The number of non-ortho nitro benzene ring substituents is 1. The number of aromatic amines is 1. The van der Waals surface area contributed by atoms with Crippen molar-refractivity contribution >= 4 is 39.8 Å². The first-order valence-corrected chi connectivity index (χ1v) is 7.36. The highest BCUT2D eigenvalue weighted by molar-refractivity contribution is 6.43. The Labute approximate surface area is 146 Å². The molecule has 0 radical (unpaired) electrons. The van der Waals surface area contributed by atoms with Crippen LogP contribution in [0.1, 0.15) is 0 Å². The molecule has 0 fully saturated rings. The number of nitro benzene ring substituents is 1. The Morgan fingerprint density at radius 1 is 1.15 bits per heavy atom. The highest BCUT2D eigenvalue weighted by Crippen LogP contribution is 2.28. The van der Waals surface area contributed by atoms with Crippen LogP contribution in [0.25, 0.3) is 10.9 Å². The normalized spacial score (nSPS) is 10.3. The highest BCUT2D eigenvalue weighted by Gasteiger charge is 2.18. The van der Waals surface area contributed by atoms with Crippen LogP contribution in [0.3, 0.4) is 0 Å². The molecule has 0 bridgehead atoms. The van der Waals surface area contributed by atoms with E-state index in [-0.39, 0.29) is 17.1 Å². The van der Waals surface area contributed by atoms with Gasteiger partial charge in [-0.05, 0) is 24.3 Å². The summed E-state index contributed by atoms with van der Waals surface area (Å²) in [6, 6.07) is 8.65. The Balaban J connectivity index is 1.75. The van der Waals surface area contributed by atoms with Gasteiger partial charge >= 0.3 is 11.8 Å². The summed E-state index contributed by atoms with van der Waals surface area (Å²) in [7, 11) is 1.34. The number of methoxy groups -OCH3 is 1. The molecule has 2 aromatic carbocycles. The average Bonchev–Trinajstić information content (AvgIpc) is 3.09. The summed E-state index contributed by atoms with van der Waals surface area (Å²) in [6.45, 7) is 0. The van der Waals surface area contributed by atoms with E-state index < -0.39 is 16.7 Å². The number of nitrogens with zero attached hydrogens (tertiary/aromatic N) is 2. The Morgan fingerprint density at radius 2 is 1.92 bits per heavy atom. The van der Waals surface area contributed by atoms with E-state index in [1.165, 1.54) is 19.2 Å². The minimum atomic E-state index is -0.992. The Kier molecular flexibility index (Phi) is 4.48. The van der Waals surface area contributed by atoms with Crippen molar-refractivity contribution in [3.63, 3.8) is 0 Å². The molecule has 3 rings (SSSR count). The fraction of sp³-hybridized carbons (Fsp3) is 0.0625. The molecule has 0 aliphatic carbocycles. The Bertz CT molecular complexity index is 1010. The number of aromatic nitrogens is 2. The van der Waals surface area contributed by atoms with Gasteiger partial charge in [0.1, 0.15) is 5.75 Å². The zero-order chi connectivity index (χ0) is 18.7. The Morgan fingerprint density at radius 3 is 2.65 bits per heavy atom. The topological polar surface area (TPSA) is 139 Å². The molecule has 0 atom stereocenters. The van der Waals surface area contributed by atoms with Crippen LogP contribution in [0.2, 0.25) is 0 Å². The van der Waals surface area contributed by atoms with Crippen molar-refractivity contribution in [3.8, 4) is 5.75 Å². The number of benzene rings is 2. The van der Waals surface area contributed by atoms with Gasteiger partial charge < -0.3 is 15.4 Å². The molecular weight excluding hydrogens is 342 g/mol. The standard InChI is InChI=1S/C16H13N5O5/c1-26-14-5-4-11(21(24)25)7-13(14)19-16(23)15(22)18-10-3-2-9-8-17-20-12(9)6-10/h2-8H,1H3,(H,17,20)(H,18,22)(H,19,23). The van der Waals surface area contributed by atoms with Crippen LogP contribution in [0, 0.1) is 10.1 Å². The summed E-state index contributed by atoms with van der Waals surface area (Å²) in [5.74, 6) is -1.73. The molecule has 0 saturated carbocycles. The molecule has 3 N–H and O–H groups in total. The minimum Gasteiger partial charge on any atom is -0.495 e. The van der Waals surface area contributed by atoms with Gasteiger partial charge in [-0.3, -0.25) is 24.8 Å². The number of ether oxygens (including phenoxy) is 1. The van der Waals surface area contributed by atoms with Crippen LogP contribution >= 0.6 is 0 Å². The highest BCUT2D eigenvalue weighted by atomic mass is 16.6. The Hall–Kier alpha value is -3.95. The average molecular weight is 355 g/mol. The summed E-state index contributed by atoms with van der Waals surface area (Å²) in [6.07, 6.45) is 1.63. The van der Waals surface area contributed by atoms with E-state index in [1.54, 1.807) is 24.4 Å². The van der Waals surface area contributed by atoms with Crippen molar-refractivity contribution in [2.75, 3.05) is 17.7 Å². The maximum absolute atomic E-state index is 12.1. The largest absolute Gasteiger partial charge is 0.495 e. The first kappa shape index (κ1) is 16.9.